The minimum atomic E-state index is -0.861. The van der Waals surface area contributed by atoms with Crippen molar-refractivity contribution in [1.82, 2.24) is 5.32 Å². The predicted molar refractivity (Wildman–Crippen MR) is 168 cm³/mol. The molecular formula is C36H51NO7. The molecule has 2 fully saturated rings. The van der Waals surface area contributed by atoms with Crippen molar-refractivity contribution in [3.8, 4) is 0 Å². The fourth-order valence-corrected chi connectivity index (χ4v) is 5.92. The van der Waals surface area contributed by atoms with Gasteiger partial charge in [0, 0.05) is 18.9 Å². The molecule has 2 aliphatic heterocycles. The molecule has 4 rings (SSSR count). The summed E-state index contributed by atoms with van der Waals surface area (Å²) in [5, 5.41) is 2.94. The highest BCUT2D eigenvalue weighted by Crippen LogP contribution is 2.36. The summed E-state index contributed by atoms with van der Waals surface area (Å²) in [6.07, 6.45) is 10.1. The van der Waals surface area contributed by atoms with E-state index in [1.165, 1.54) is 58.3 Å². The lowest BCUT2D eigenvalue weighted by atomic mass is 9.95. The summed E-state index contributed by atoms with van der Waals surface area (Å²) in [5.74, 6) is -0.585. The smallest absolute Gasteiger partial charge is 0.306 e. The van der Waals surface area contributed by atoms with Gasteiger partial charge in [0.2, 0.25) is 5.91 Å². The molecule has 0 saturated carbocycles. The molecule has 0 bridgehead atoms. The zero-order valence-electron chi connectivity index (χ0n) is 26.5. The van der Waals surface area contributed by atoms with Crippen LogP contribution < -0.4 is 5.32 Å². The maximum Gasteiger partial charge on any atom is 0.306 e. The summed E-state index contributed by atoms with van der Waals surface area (Å²) in [5.41, 5.74) is 1.82. The van der Waals surface area contributed by atoms with Crippen molar-refractivity contribution in [3.05, 3.63) is 71.8 Å². The molecule has 242 valence electrons. The Bertz CT molecular complexity index is 1100. The van der Waals surface area contributed by atoms with Crippen LogP contribution >= 0.6 is 0 Å². The van der Waals surface area contributed by atoms with Gasteiger partial charge in [-0.05, 0) is 12.0 Å². The second kappa shape index (κ2) is 18.9. The van der Waals surface area contributed by atoms with Gasteiger partial charge in [-0.15, -0.1) is 0 Å². The number of rotatable bonds is 18. The number of carbonyl (C=O) groups excluding carboxylic acids is 2. The van der Waals surface area contributed by atoms with Crippen molar-refractivity contribution in [1.29, 1.82) is 0 Å². The first-order valence-corrected chi connectivity index (χ1v) is 16.6. The maximum absolute atomic E-state index is 13.2. The van der Waals surface area contributed by atoms with E-state index in [0.717, 1.165) is 30.4 Å². The third-order valence-corrected chi connectivity index (χ3v) is 8.29. The summed E-state index contributed by atoms with van der Waals surface area (Å²) < 4.78 is 31.1. The van der Waals surface area contributed by atoms with E-state index in [4.69, 9.17) is 23.7 Å². The molecule has 0 aromatic heterocycles. The van der Waals surface area contributed by atoms with Crippen LogP contribution in [0.1, 0.15) is 108 Å². The van der Waals surface area contributed by atoms with E-state index in [0.29, 0.717) is 6.42 Å². The molecule has 0 aliphatic carbocycles. The first kappa shape index (κ1) is 34.1. The number of fused-ring (bicyclic) bond motifs is 1. The zero-order chi connectivity index (χ0) is 31.0. The van der Waals surface area contributed by atoms with E-state index in [1.54, 1.807) is 0 Å². The van der Waals surface area contributed by atoms with Crippen LogP contribution in [0.2, 0.25) is 0 Å². The maximum atomic E-state index is 13.2. The van der Waals surface area contributed by atoms with Crippen LogP contribution in [-0.2, 0) is 39.9 Å². The van der Waals surface area contributed by atoms with E-state index in [1.807, 2.05) is 60.7 Å². The zero-order valence-corrected chi connectivity index (χ0v) is 26.5. The van der Waals surface area contributed by atoms with Crippen molar-refractivity contribution >= 4 is 11.9 Å². The number of unbranched alkanes of at least 4 members (excludes halogenated alkanes) is 10. The normalized spacial score (nSPS) is 24.8. The van der Waals surface area contributed by atoms with E-state index in [2.05, 4.69) is 12.2 Å². The topological polar surface area (TPSA) is 92.3 Å². The summed E-state index contributed by atoms with van der Waals surface area (Å²) >= 11 is 0. The summed E-state index contributed by atoms with van der Waals surface area (Å²) in [7, 11) is 0. The van der Waals surface area contributed by atoms with Crippen LogP contribution in [0, 0.1) is 0 Å². The highest BCUT2D eigenvalue weighted by molar-refractivity contribution is 5.73. The van der Waals surface area contributed by atoms with Gasteiger partial charge in [-0.25, -0.2) is 0 Å². The number of hydrogen-bond donors (Lipinski definition) is 1. The highest BCUT2D eigenvalue weighted by Gasteiger charge is 2.52. The molecule has 2 aliphatic rings. The third-order valence-electron chi connectivity index (χ3n) is 8.29. The fourth-order valence-electron chi connectivity index (χ4n) is 5.92. The Hall–Kier alpha value is -2.78. The standard InChI is InChI=1S/C36H51NO7/c1-3-4-5-6-7-8-9-10-11-12-19-24-31(39)43-34-32(37-27(2)38)36(40-25-28-20-15-13-16-21-28)42-30-26-41-35(44-33(30)34)29-22-17-14-18-23-29/h13-18,20-23,30,32-36H,3-12,19,24-26H2,1-2H3,(H,37,38)/t30-,32-,33+,34+,35+,36+/m0/s1. The molecular weight excluding hydrogens is 558 g/mol. The minimum absolute atomic E-state index is 0.231. The first-order valence-electron chi connectivity index (χ1n) is 16.6. The van der Waals surface area contributed by atoms with Crippen LogP contribution in [0.5, 0.6) is 0 Å². The molecule has 2 saturated heterocycles. The lowest BCUT2D eigenvalue weighted by Crippen LogP contribution is -2.67. The second-order valence-corrected chi connectivity index (χ2v) is 12.0. The molecule has 44 heavy (non-hydrogen) atoms. The molecule has 0 unspecified atom stereocenters. The van der Waals surface area contributed by atoms with Gasteiger partial charge in [0.05, 0.1) is 13.2 Å². The van der Waals surface area contributed by atoms with Gasteiger partial charge in [0.15, 0.2) is 18.7 Å². The van der Waals surface area contributed by atoms with Gasteiger partial charge in [-0.2, -0.15) is 0 Å². The van der Waals surface area contributed by atoms with E-state index >= 15 is 0 Å². The van der Waals surface area contributed by atoms with Crippen molar-refractivity contribution in [2.45, 2.75) is 134 Å². The van der Waals surface area contributed by atoms with Gasteiger partial charge < -0.3 is 29.0 Å². The average Bonchev–Trinajstić information content (AvgIpc) is 3.04. The summed E-state index contributed by atoms with van der Waals surface area (Å²) in [6.45, 7) is 4.18. The summed E-state index contributed by atoms with van der Waals surface area (Å²) in [6, 6.07) is 18.6. The molecule has 0 spiro atoms. The Morgan fingerprint density at radius 2 is 1.43 bits per heavy atom. The lowest BCUT2D eigenvalue weighted by molar-refractivity contribution is -0.346. The molecule has 2 aromatic rings. The molecule has 0 radical (unpaired) electrons. The highest BCUT2D eigenvalue weighted by atomic mass is 16.8. The lowest BCUT2D eigenvalue weighted by Gasteiger charge is -2.48. The third kappa shape index (κ3) is 11.0. The Morgan fingerprint density at radius 3 is 2.07 bits per heavy atom. The molecule has 6 atom stereocenters. The quantitative estimate of drug-likeness (QED) is 0.142. The van der Waals surface area contributed by atoms with Crippen molar-refractivity contribution < 1.29 is 33.3 Å². The number of amides is 1. The van der Waals surface area contributed by atoms with Crippen LogP contribution in [0.15, 0.2) is 60.7 Å². The van der Waals surface area contributed by atoms with E-state index in [-0.39, 0.29) is 25.1 Å². The predicted octanol–water partition coefficient (Wildman–Crippen LogP) is 7.16. The van der Waals surface area contributed by atoms with Gasteiger partial charge in [-0.3, -0.25) is 9.59 Å². The minimum Gasteiger partial charge on any atom is -0.457 e. The monoisotopic (exact) mass is 609 g/mol. The van der Waals surface area contributed by atoms with Crippen LogP contribution in [0.4, 0.5) is 0 Å². The van der Waals surface area contributed by atoms with Crippen LogP contribution in [0.25, 0.3) is 0 Å². The SMILES string of the molecule is CCCCCCCCCCCCCC(=O)O[C@@H]1[C@H](NC(C)=O)[C@H](OCc2ccccc2)O[C@H]2CO[C@@H](c3ccccc3)O[C@@H]12. The first-order chi connectivity index (χ1) is 21.5. The fraction of sp³-hybridized carbons (Fsp3) is 0.611. The van der Waals surface area contributed by atoms with Crippen molar-refractivity contribution in [2.24, 2.45) is 0 Å². The van der Waals surface area contributed by atoms with Gasteiger partial charge in [-0.1, -0.05) is 132 Å². The number of hydrogen-bond acceptors (Lipinski definition) is 7. The average molecular weight is 610 g/mol. The number of benzene rings is 2. The Labute approximate surface area is 263 Å². The largest absolute Gasteiger partial charge is 0.457 e. The number of ether oxygens (including phenoxy) is 5. The number of carbonyl (C=O) groups is 2. The van der Waals surface area contributed by atoms with Crippen molar-refractivity contribution in [2.75, 3.05) is 6.61 Å². The van der Waals surface area contributed by atoms with Gasteiger partial charge in [0.25, 0.3) is 0 Å². The molecule has 8 heteroatoms. The Balaban J connectivity index is 1.36. The van der Waals surface area contributed by atoms with E-state index < -0.39 is 36.9 Å². The van der Waals surface area contributed by atoms with Crippen LogP contribution in [0.3, 0.4) is 0 Å². The number of nitrogens with one attached hydrogen (secondary N) is 1. The second-order valence-electron chi connectivity index (χ2n) is 12.0. The van der Waals surface area contributed by atoms with E-state index in [9.17, 15) is 9.59 Å². The Morgan fingerprint density at radius 1 is 0.818 bits per heavy atom. The molecule has 8 nitrogen and oxygen atoms in total. The molecule has 1 N–H and O–H groups in total. The Kier molecular flexibility index (Phi) is 14.6. The molecule has 2 aromatic carbocycles. The van der Waals surface area contributed by atoms with Crippen molar-refractivity contribution in [3.63, 3.8) is 0 Å². The number of esters is 1. The molecule has 1 amide bonds. The molecule has 2 heterocycles. The van der Waals surface area contributed by atoms with Gasteiger partial charge in [0.1, 0.15) is 18.2 Å². The summed E-state index contributed by atoms with van der Waals surface area (Å²) in [4.78, 5) is 25.6. The van der Waals surface area contributed by atoms with Crippen LogP contribution in [-0.4, -0.2) is 49.1 Å². The van der Waals surface area contributed by atoms with Gasteiger partial charge >= 0.3 is 5.97 Å².